The van der Waals surface area contributed by atoms with Crippen LogP contribution in [-0.2, 0) is 13.0 Å². The molecule has 0 spiro atoms. The molecule has 0 fully saturated rings. The summed E-state index contributed by atoms with van der Waals surface area (Å²) >= 11 is 0. The van der Waals surface area contributed by atoms with Crippen LogP contribution in [0.5, 0.6) is 5.75 Å². The van der Waals surface area contributed by atoms with Crippen molar-refractivity contribution < 1.29 is 19.8 Å². The molecule has 0 saturated carbocycles. The van der Waals surface area contributed by atoms with Crippen LogP contribution >= 0.6 is 0 Å². The molecule has 1 amide bonds. The number of nitrogens with zero attached hydrogens (tertiary/aromatic N) is 1. The van der Waals surface area contributed by atoms with Gasteiger partial charge in [-0.15, -0.1) is 0 Å². The van der Waals surface area contributed by atoms with Crippen molar-refractivity contribution in [1.29, 1.82) is 0 Å². The van der Waals surface area contributed by atoms with Gasteiger partial charge in [0, 0.05) is 29.5 Å². The molecule has 3 N–H and O–H groups in total. The number of nitrogens with one attached hydrogen (secondary N) is 1. The summed E-state index contributed by atoms with van der Waals surface area (Å²) in [5, 5.41) is 20.1. The lowest BCUT2D eigenvalue weighted by atomic mass is 9.98. The van der Waals surface area contributed by atoms with Gasteiger partial charge in [-0.2, -0.15) is 0 Å². The number of para-hydroxylation sites is 1. The zero-order valence-electron chi connectivity index (χ0n) is 16.7. The molecule has 1 unspecified atom stereocenters. The zero-order valence-corrected chi connectivity index (χ0v) is 16.7. The molecule has 1 atom stereocenters. The number of hydrogen-bond donors (Lipinski definition) is 3. The Morgan fingerprint density at radius 1 is 0.871 bits per heavy atom. The van der Waals surface area contributed by atoms with Crippen LogP contribution in [0.15, 0.2) is 72.8 Å². The van der Waals surface area contributed by atoms with Gasteiger partial charge in [0.15, 0.2) is 0 Å². The standard InChI is InChI=1S/C25H20N2O4/c28-19-11-7-16(8-12-19)24(29)27(18-9-5-17(6-10-18)25(30)31)14-13-21-20-3-1-2-4-22(20)26-23(21)15-27/h1-12,26H,13-15H2,(H-,28,29,30,31)/p+1. The summed E-state index contributed by atoms with van der Waals surface area (Å²) < 4.78 is 0.0461. The first kappa shape index (κ1) is 19.1. The smallest absolute Gasteiger partial charge is 0.351 e. The number of benzene rings is 3. The minimum absolute atomic E-state index is 0.0461. The Morgan fingerprint density at radius 2 is 1.55 bits per heavy atom. The molecule has 0 saturated heterocycles. The quantitative estimate of drug-likeness (QED) is 0.432. The fourth-order valence-corrected chi connectivity index (χ4v) is 4.58. The average molecular weight is 413 g/mol. The van der Waals surface area contributed by atoms with Crippen molar-refractivity contribution in [3.63, 3.8) is 0 Å². The third kappa shape index (κ3) is 3.08. The molecule has 1 aliphatic heterocycles. The maximum Gasteiger partial charge on any atom is 0.351 e. The minimum Gasteiger partial charge on any atom is -0.508 e. The molecule has 4 aromatic rings. The topological polar surface area (TPSA) is 90.4 Å². The molecule has 0 bridgehead atoms. The molecular weight excluding hydrogens is 392 g/mol. The summed E-state index contributed by atoms with van der Waals surface area (Å²) in [7, 11) is 0. The summed E-state index contributed by atoms with van der Waals surface area (Å²) in [5.41, 5.74) is 4.71. The number of aromatic amines is 1. The number of carboxylic acids is 1. The Bertz CT molecular complexity index is 1310. The average Bonchev–Trinajstić information content (AvgIpc) is 3.16. The van der Waals surface area contributed by atoms with Crippen LogP contribution in [0.3, 0.4) is 0 Å². The van der Waals surface area contributed by atoms with Crippen molar-refractivity contribution in [1.82, 2.24) is 9.47 Å². The van der Waals surface area contributed by atoms with Crippen molar-refractivity contribution in [3.05, 3.63) is 95.2 Å². The first-order chi connectivity index (χ1) is 15.0. The number of H-pyrrole nitrogens is 1. The van der Waals surface area contributed by atoms with Crippen LogP contribution in [0.2, 0.25) is 0 Å². The van der Waals surface area contributed by atoms with Crippen molar-refractivity contribution in [2.24, 2.45) is 0 Å². The first-order valence-corrected chi connectivity index (χ1v) is 10.1. The maximum atomic E-state index is 13.8. The van der Waals surface area contributed by atoms with E-state index in [2.05, 4.69) is 11.1 Å². The highest BCUT2D eigenvalue weighted by molar-refractivity contribution is 6.03. The number of phenolic OH excluding ortho intramolecular Hbond substituents is 1. The Kier molecular flexibility index (Phi) is 4.38. The van der Waals surface area contributed by atoms with Crippen LogP contribution in [0.4, 0.5) is 5.69 Å². The van der Waals surface area contributed by atoms with E-state index < -0.39 is 5.97 Å². The maximum absolute atomic E-state index is 13.8. The molecule has 31 heavy (non-hydrogen) atoms. The number of aromatic hydroxyl groups is 1. The largest absolute Gasteiger partial charge is 0.508 e. The van der Waals surface area contributed by atoms with Crippen molar-refractivity contribution in [2.75, 3.05) is 6.54 Å². The number of phenols is 1. The highest BCUT2D eigenvalue weighted by Crippen LogP contribution is 2.37. The molecule has 1 aliphatic rings. The highest BCUT2D eigenvalue weighted by atomic mass is 16.4. The van der Waals surface area contributed by atoms with Crippen LogP contribution < -0.4 is 4.48 Å². The van der Waals surface area contributed by atoms with Gasteiger partial charge < -0.3 is 15.2 Å². The summed E-state index contributed by atoms with van der Waals surface area (Å²) in [5.74, 6) is -0.989. The second-order valence-corrected chi connectivity index (χ2v) is 7.93. The fraction of sp³-hybridized carbons (Fsp3) is 0.120. The molecule has 3 aromatic carbocycles. The molecule has 6 nitrogen and oxygen atoms in total. The number of hydrogen-bond acceptors (Lipinski definition) is 3. The van der Waals surface area contributed by atoms with E-state index in [1.807, 2.05) is 18.2 Å². The number of amides is 1. The van der Waals surface area contributed by atoms with Gasteiger partial charge in [-0.25, -0.2) is 14.1 Å². The van der Waals surface area contributed by atoms with Gasteiger partial charge >= 0.3 is 11.9 Å². The molecule has 0 aliphatic carbocycles. The molecule has 1 aromatic heterocycles. The van der Waals surface area contributed by atoms with Gasteiger partial charge in [0.2, 0.25) is 0 Å². The second kappa shape index (κ2) is 7.11. The summed E-state index contributed by atoms with van der Waals surface area (Å²) in [6, 6.07) is 21.0. The lowest BCUT2D eigenvalue weighted by Gasteiger charge is -2.38. The molecule has 154 valence electrons. The molecule has 0 radical (unpaired) electrons. The second-order valence-electron chi connectivity index (χ2n) is 7.93. The number of carbonyl (C=O) groups is 2. The molecule has 5 rings (SSSR count). The van der Waals surface area contributed by atoms with Crippen LogP contribution in [-0.4, -0.2) is 33.6 Å². The first-order valence-electron chi connectivity index (χ1n) is 10.1. The minimum atomic E-state index is -1.00. The number of carbonyl (C=O) groups excluding carboxylic acids is 1. The van der Waals surface area contributed by atoms with Gasteiger partial charge in [-0.1, -0.05) is 18.2 Å². The third-order valence-corrected chi connectivity index (χ3v) is 6.19. The molecular formula is C25H21N2O4+. The number of aromatic nitrogens is 1. The van der Waals surface area contributed by atoms with E-state index in [0.29, 0.717) is 25.1 Å². The lowest BCUT2D eigenvalue weighted by Crippen LogP contribution is -2.56. The predicted molar refractivity (Wildman–Crippen MR) is 118 cm³/mol. The van der Waals surface area contributed by atoms with E-state index >= 15 is 0 Å². The third-order valence-electron chi connectivity index (χ3n) is 6.19. The number of fused-ring (bicyclic) bond motifs is 3. The van der Waals surface area contributed by atoms with Gasteiger partial charge in [-0.3, -0.25) is 0 Å². The van der Waals surface area contributed by atoms with E-state index in [4.69, 9.17) is 0 Å². The fourth-order valence-electron chi connectivity index (χ4n) is 4.58. The van der Waals surface area contributed by atoms with Crippen LogP contribution in [0.1, 0.15) is 32.0 Å². The Morgan fingerprint density at radius 3 is 2.26 bits per heavy atom. The van der Waals surface area contributed by atoms with E-state index in [1.54, 1.807) is 36.4 Å². The lowest BCUT2D eigenvalue weighted by molar-refractivity contribution is 0.0696. The molecule has 2 heterocycles. The van der Waals surface area contributed by atoms with Crippen molar-refractivity contribution in [2.45, 2.75) is 13.0 Å². The van der Waals surface area contributed by atoms with E-state index in [0.717, 1.165) is 16.9 Å². The van der Waals surface area contributed by atoms with Gasteiger partial charge in [0.1, 0.15) is 18.0 Å². The van der Waals surface area contributed by atoms with Crippen LogP contribution in [0.25, 0.3) is 10.9 Å². The summed E-state index contributed by atoms with van der Waals surface area (Å²) in [6.45, 7) is 0.997. The van der Waals surface area contributed by atoms with Gasteiger partial charge in [0.05, 0.1) is 23.4 Å². The Hall–Kier alpha value is -3.90. The number of rotatable bonds is 3. The number of aromatic carboxylic acids is 1. The summed E-state index contributed by atoms with van der Waals surface area (Å²) in [6.07, 6.45) is 0.712. The van der Waals surface area contributed by atoms with E-state index in [9.17, 15) is 19.8 Å². The van der Waals surface area contributed by atoms with Gasteiger partial charge in [-0.05, 0) is 48.0 Å². The Balaban J connectivity index is 1.65. The number of carboxylic acid groups (broad SMARTS) is 1. The normalized spacial score (nSPS) is 17.9. The van der Waals surface area contributed by atoms with Crippen molar-refractivity contribution >= 4 is 28.5 Å². The summed E-state index contributed by atoms with van der Waals surface area (Å²) in [4.78, 5) is 28.6. The predicted octanol–water partition coefficient (Wildman–Crippen LogP) is 4.48. The van der Waals surface area contributed by atoms with Gasteiger partial charge in [0.25, 0.3) is 0 Å². The Labute approximate surface area is 178 Å². The van der Waals surface area contributed by atoms with E-state index in [1.165, 1.54) is 23.1 Å². The van der Waals surface area contributed by atoms with E-state index in [-0.39, 0.29) is 21.7 Å². The number of quaternary nitrogens is 1. The highest BCUT2D eigenvalue weighted by Gasteiger charge is 2.44. The SMILES string of the molecule is O=C(O)c1ccc([N+]2(C(=O)c3ccc(O)cc3)CCc3c([nH]c4ccccc34)C2)cc1. The van der Waals surface area contributed by atoms with Crippen LogP contribution in [0, 0.1) is 0 Å². The molecule has 6 heteroatoms. The zero-order chi connectivity index (χ0) is 21.6. The van der Waals surface area contributed by atoms with Crippen molar-refractivity contribution in [3.8, 4) is 5.75 Å². The monoisotopic (exact) mass is 413 g/mol.